The Labute approximate surface area is 71.1 Å². The number of carbonyl (C=O) groups excluding carboxylic acids is 1. The first-order valence-electron chi connectivity index (χ1n) is 4.07. The molecular weight excluding hydrogens is 156 g/mol. The molecule has 12 heavy (non-hydrogen) atoms. The first-order chi connectivity index (χ1) is 5.86. The van der Waals surface area contributed by atoms with Crippen molar-refractivity contribution in [1.29, 1.82) is 0 Å². The second kappa shape index (κ2) is 4.51. The fraction of sp³-hybridized carbons (Fsp3) is 0.714. The van der Waals surface area contributed by atoms with E-state index in [1.165, 1.54) is 6.42 Å². The molecule has 0 amide bonds. The molecule has 1 aliphatic rings. The number of rotatable bonds is 4. The predicted molar refractivity (Wildman–Crippen MR) is 43.4 cm³/mol. The number of unbranched alkanes of at least 4 members (excludes halogenated alkanes) is 2. The highest BCUT2D eigenvalue weighted by atomic mass is 16.1. The molecule has 0 fully saturated rings. The van der Waals surface area contributed by atoms with Crippen LogP contribution >= 0.6 is 0 Å². The number of hydrogen-bond donors (Lipinski definition) is 1. The molecule has 0 saturated carbocycles. The number of hydrazine groups is 1. The van der Waals surface area contributed by atoms with Gasteiger partial charge in [0.25, 0.3) is 5.82 Å². The quantitative estimate of drug-likeness (QED) is 0.504. The first kappa shape index (κ1) is 8.74. The Kier molecular flexibility index (Phi) is 3.29. The van der Waals surface area contributed by atoms with E-state index in [9.17, 15) is 4.79 Å². The van der Waals surface area contributed by atoms with Gasteiger partial charge < -0.3 is 0 Å². The van der Waals surface area contributed by atoms with Crippen LogP contribution in [0.5, 0.6) is 0 Å². The number of nitrogens with one attached hydrogen (secondary N) is 1. The zero-order chi connectivity index (χ0) is 8.81. The summed E-state index contributed by atoms with van der Waals surface area (Å²) in [6.45, 7) is 2.91. The summed E-state index contributed by atoms with van der Waals surface area (Å²) < 4.78 is 0. The van der Waals surface area contributed by atoms with Crippen molar-refractivity contribution in [3.63, 3.8) is 0 Å². The first-order valence-corrected chi connectivity index (χ1v) is 4.07. The van der Waals surface area contributed by atoms with Gasteiger partial charge in [-0.2, -0.15) is 5.12 Å². The predicted octanol–water partition coefficient (Wildman–Crippen LogP) is 1.04. The molecular formula is C7H12N4O. The molecule has 5 nitrogen and oxygen atoms in total. The third-order valence-electron chi connectivity index (χ3n) is 1.56. The fourth-order valence-corrected chi connectivity index (χ4v) is 0.921. The highest BCUT2D eigenvalue weighted by molar-refractivity contribution is 5.50. The van der Waals surface area contributed by atoms with Gasteiger partial charge in [-0.05, 0) is 11.6 Å². The molecule has 5 heteroatoms. The van der Waals surface area contributed by atoms with E-state index in [0.29, 0.717) is 0 Å². The average molecular weight is 168 g/mol. The Bertz CT molecular complexity index is 219. The van der Waals surface area contributed by atoms with Crippen molar-refractivity contribution in [2.45, 2.75) is 26.2 Å². The SMILES string of the molecule is CCCCCN1N=NC(=C=O)N1. The minimum atomic E-state index is 0.159. The summed E-state index contributed by atoms with van der Waals surface area (Å²) in [5.41, 5.74) is 2.69. The lowest BCUT2D eigenvalue weighted by atomic mass is 10.2. The highest BCUT2D eigenvalue weighted by Gasteiger charge is 2.10. The van der Waals surface area contributed by atoms with Crippen molar-refractivity contribution >= 4 is 5.94 Å². The fourth-order valence-electron chi connectivity index (χ4n) is 0.921. The molecule has 0 aromatic rings. The summed E-state index contributed by atoms with van der Waals surface area (Å²) in [5, 5.41) is 8.81. The maximum atomic E-state index is 10.1. The third-order valence-corrected chi connectivity index (χ3v) is 1.56. The molecule has 0 radical (unpaired) electrons. The van der Waals surface area contributed by atoms with Gasteiger partial charge in [0.15, 0.2) is 5.94 Å². The van der Waals surface area contributed by atoms with E-state index in [4.69, 9.17) is 0 Å². The van der Waals surface area contributed by atoms with Crippen LogP contribution in [0, 0.1) is 0 Å². The van der Waals surface area contributed by atoms with E-state index in [0.717, 1.165) is 19.4 Å². The molecule has 0 atom stereocenters. The van der Waals surface area contributed by atoms with Crippen LogP contribution in [0.2, 0.25) is 0 Å². The van der Waals surface area contributed by atoms with Gasteiger partial charge >= 0.3 is 0 Å². The van der Waals surface area contributed by atoms with Gasteiger partial charge in [0, 0.05) is 0 Å². The summed E-state index contributed by atoms with van der Waals surface area (Å²) in [4.78, 5) is 10.1. The lowest BCUT2D eigenvalue weighted by molar-refractivity contribution is 0.237. The summed E-state index contributed by atoms with van der Waals surface area (Å²) in [5.74, 6) is 1.80. The Morgan fingerprint density at radius 3 is 3.00 bits per heavy atom. The second-order valence-corrected chi connectivity index (χ2v) is 2.58. The van der Waals surface area contributed by atoms with Crippen LogP contribution < -0.4 is 5.43 Å². The van der Waals surface area contributed by atoms with Crippen LogP contribution in [0.1, 0.15) is 26.2 Å². The topological polar surface area (TPSA) is 57.1 Å². The second-order valence-electron chi connectivity index (χ2n) is 2.58. The Hall–Kier alpha value is -1.35. The summed E-state index contributed by atoms with van der Waals surface area (Å²) in [6, 6.07) is 0. The van der Waals surface area contributed by atoms with Crippen LogP contribution in [0.3, 0.4) is 0 Å². The molecule has 0 saturated heterocycles. The lowest BCUT2D eigenvalue weighted by Crippen LogP contribution is -2.28. The van der Waals surface area contributed by atoms with Crippen molar-refractivity contribution < 1.29 is 4.79 Å². The number of nitrogens with zero attached hydrogens (tertiary/aromatic N) is 3. The van der Waals surface area contributed by atoms with Crippen LogP contribution in [0.4, 0.5) is 0 Å². The molecule has 0 aliphatic carbocycles. The van der Waals surface area contributed by atoms with E-state index < -0.39 is 0 Å². The van der Waals surface area contributed by atoms with Crippen molar-refractivity contribution in [3.05, 3.63) is 5.82 Å². The van der Waals surface area contributed by atoms with Gasteiger partial charge in [0.05, 0.1) is 6.54 Å². The van der Waals surface area contributed by atoms with Crippen molar-refractivity contribution in [2.75, 3.05) is 6.54 Å². The van der Waals surface area contributed by atoms with E-state index in [2.05, 4.69) is 22.7 Å². The summed E-state index contributed by atoms with van der Waals surface area (Å²) in [7, 11) is 0. The Morgan fingerprint density at radius 1 is 1.58 bits per heavy atom. The lowest BCUT2D eigenvalue weighted by Gasteiger charge is -2.10. The molecule has 66 valence electrons. The number of hydrogen-bond acceptors (Lipinski definition) is 5. The molecule has 1 aliphatic heterocycles. The molecule has 0 aromatic carbocycles. The molecule has 1 rings (SSSR count). The molecule has 1 heterocycles. The monoisotopic (exact) mass is 168 g/mol. The third kappa shape index (κ3) is 2.36. The van der Waals surface area contributed by atoms with E-state index in [-0.39, 0.29) is 5.82 Å². The normalized spacial score (nSPS) is 14.8. The molecule has 0 bridgehead atoms. The van der Waals surface area contributed by atoms with Crippen molar-refractivity contribution in [3.8, 4) is 0 Å². The van der Waals surface area contributed by atoms with Crippen molar-refractivity contribution in [1.82, 2.24) is 10.5 Å². The Balaban J connectivity index is 2.21. The maximum absolute atomic E-state index is 10.1. The molecule has 0 aromatic heterocycles. The van der Waals surface area contributed by atoms with Gasteiger partial charge in [0.2, 0.25) is 0 Å². The summed E-state index contributed by atoms with van der Waals surface area (Å²) >= 11 is 0. The minimum absolute atomic E-state index is 0.159. The maximum Gasteiger partial charge on any atom is 0.255 e. The van der Waals surface area contributed by atoms with Crippen LogP contribution in [0.25, 0.3) is 0 Å². The van der Waals surface area contributed by atoms with Crippen LogP contribution in [-0.2, 0) is 4.79 Å². The van der Waals surface area contributed by atoms with Gasteiger partial charge in [-0.1, -0.05) is 24.9 Å². The largest absolute Gasteiger partial charge is 0.255 e. The average Bonchev–Trinajstić information content (AvgIpc) is 2.53. The van der Waals surface area contributed by atoms with Crippen LogP contribution in [0.15, 0.2) is 16.2 Å². The summed E-state index contributed by atoms with van der Waals surface area (Å²) in [6.07, 6.45) is 3.38. The van der Waals surface area contributed by atoms with Gasteiger partial charge in [-0.3, -0.25) is 5.43 Å². The van der Waals surface area contributed by atoms with Crippen molar-refractivity contribution in [2.24, 2.45) is 10.3 Å². The molecule has 1 N–H and O–H groups in total. The van der Waals surface area contributed by atoms with Gasteiger partial charge in [0.1, 0.15) is 0 Å². The zero-order valence-electron chi connectivity index (χ0n) is 7.08. The highest BCUT2D eigenvalue weighted by Crippen LogP contribution is 2.04. The standard InChI is InChI=1S/C7H12N4O/c1-2-3-4-5-11-9-7(6-12)8-10-11/h9H,2-5H2,1H3. The minimum Gasteiger partial charge on any atom is -0.253 e. The zero-order valence-corrected chi connectivity index (χ0v) is 7.08. The molecule has 0 unspecified atom stereocenters. The molecule has 0 spiro atoms. The Morgan fingerprint density at radius 2 is 2.42 bits per heavy atom. The smallest absolute Gasteiger partial charge is 0.253 e. The van der Waals surface area contributed by atoms with Gasteiger partial charge in [-0.15, -0.1) is 0 Å². The van der Waals surface area contributed by atoms with Gasteiger partial charge in [-0.25, -0.2) is 4.79 Å². The van der Waals surface area contributed by atoms with E-state index in [1.54, 1.807) is 11.1 Å². The van der Waals surface area contributed by atoms with E-state index >= 15 is 0 Å². The van der Waals surface area contributed by atoms with E-state index in [1.807, 2.05) is 0 Å². The van der Waals surface area contributed by atoms with Crippen LogP contribution in [-0.4, -0.2) is 17.6 Å².